The fraction of sp³-hybridized carbons (Fsp3) is 0.500. The van der Waals surface area contributed by atoms with Gasteiger partial charge in [0.1, 0.15) is 5.82 Å². The average Bonchev–Trinajstić information content (AvgIpc) is 2.14. The highest BCUT2D eigenvalue weighted by Gasteiger charge is 2.30. The first-order valence-electron chi connectivity index (χ1n) is 5.12. The lowest BCUT2D eigenvalue weighted by Crippen LogP contribution is -2.37. The van der Waals surface area contributed by atoms with Gasteiger partial charge in [-0.05, 0) is 17.5 Å². The molecule has 2 atom stereocenters. The Labute approximate surface area is 100 Å². The van der Waals surface area contributed by atoms with E-state index in [9.17, 15) is 9.50 Å². The first kappa shape index (κ1) is 13.4. The Hall–Kier alpha value is -0.640. The maximum absolute atomic E-state index is 13.6. The van der Waals surface area contributed by atoms with Crippen molar-refractivity contribution >= 4 is 11.6 Å². The third-order valence-electron chi connectivity index (χ3n) is 2.55. The molecule has 1 aromatic rings. The lowest BCUT2D eigenvalue weighted by molar-refractivity contribution is 0.0391. The van der Waals surface area contributed by atoms with E-state index in [1.807, 2.05) is 20.8 Å². The molecule has 0 aliphatic rings. The summed E-state index contributed by atoms with van der Waals surface area (Å²) in [5.41, 5.74) is 5.73. The average molecular weight is 246 g/mol. The Balaban J connectivity index is 3.01. The van der Waals surface area contributed by atoms with Gasteiger partial charge in [-0.2, -0.15) is 0 Å². The molecule has 90 valence electrons. The number of aliphatic hydroxyl groups is 1. The van der Waals surface area contributed by atoms with Crippen LogP contribution in [0, 0.1) is 11.2 Å². The molecule has 1 aromatic carbocycles. The van der Waals surface area contributed by atoms with Crippen molar-refractivity contribution in [3.63, 3.8) is 0 Å². The highest BCUT2D eigenvalue weighted by atomic mass is 35.5. The van der Waals surface area contributed by atoms with Crippen LogP contribution in [-0.2, 0) is 0 Å². The second-order valence-corrected chi connectivity index (χ2v) is 5.44. The molecule has 3 N–H and O–H groups in total. The van der Waals surface area contributed by atoms with Gasteiger partial charge in [0, 0.05) is 10.6 Å². The van der Waals surface area contributed by atoms with E-state index in [0.29, 0.717) is 5.02 Å². The standard InChI is InChI=1S/C12H17ClFNO/c1-12(2,3)11(16)10(15)8-5-4-7(13)6-9(8)14/h4-6,10-11,16H,15H2,1-3H3/t10-,11-/m1/s1. The minimum Gasteiger partial charge on any atom is -0.391 e. The van der Waals surface area contributed by atoms with Gasteiger partial charge in [-0.1, -0.05) is 38.4 Å². The van der Waals surface area contributed by atoms with Gasteiger partial charge < -0.3 is 10.8 Å². The minimum atomic E-state index is -0.817. The Morgan fingerprint density at radius 3 is 2.38 bits per heavy atom. The van der Waals surface area contributed by atoms with E-state index >= 15 is 0 Å². The van der Waals surface area contributed by atoms with Gasteiger partial charge in [0.05, 0.1) is 12.1 Å². The monoisotopic (exact) mass is 245 g/mol. The van der Waals surface area contributed by atoms with E-state index in [1.165, 1.54) is 12.1 Å². The molecular formula is C12H17ClFNO. The van der Waals surface area contributed by atoms with Gasteiger partial charge in [0.25, 0.3) is 0 Å². The normalized spacial score (nSPS) is 15.9. The molecule has 0 unspecified atom stereocenters. The van der Waals surface area contributed by atoms with Crippen LogP contribution in [0.5, 0.6) is 0 Å². The highest BCUT2D eigenvalue weighted by Crippen LogP contribution is 2.30. The summed E-state index contributed by atoms with van der Waals surface area (Å²) < 4.78 is 13.6. The van der Waals surface area contributed by atoms with Crippen molar-refractivity contribution in [3.05, 3.63) is 34.6 Å². The maximum atomic E-state index is 13.6. The van der Waals surface area contributed by atoms with E-state index in [0.717, 1.165) is 0 Å². The second-order valence-electron chi connectivity index (χ2n) is 5.00. The fourth-order valence-electron chi connectivity index (χ4n) is 1.48. The van der Waals surface area contributed by atoms with Crippen molar-refractivity contribution < 1.29 is 9.50 Å². The molecule has 2 nitrogen and oxygen atoms in total. The number of benzene rings is 1. The summed E-state index contributed by atoms with van der Waals surface area (Å²) >= 11 is 5.65. The molecule has 16 heavy (non-hydrogen) atoms. The van der Waals surface area contributed by atoms with Crippen LogP contribution in [0.4, 0.5) is 4.39 Å². The largest absolute Gasteiger partial charge is 0.391 e. The Morgan fingerprint density at radius 1 is 1.38 bits per heavy atom. The van der Waals surface area contributed by atoms with Crippen LogP contribution in [0.1, 0.15) is 32.4 Å². The topological polar surface area (TPSA) is 46.2 Å². The molecule has 4 heteroatoms. The highest BCUT2D eigenvalue weighted by molar-refractivity contribution is 6.30. The summed E-state index contributed by atoms with van der Waals surface area (Å²) in [5, 5.41) is 10.3. The van der Waals surface area contributed by atoms with Crippen LogP contribution in [-0.4, -0.2) is 11.2 Å². The zero-order valence-corrected chi connectivity index (χ0v) is 10.4. The summed E-state index contributed by atoms with van der Waals surface area (Å²) in [5.74, 6) is -0.483. The van der Waals surface area contributed by atoms with Crippen molar-refractivity contribution in [1.29, 1.82) is 0 Å². The van der Waals surface area contributed by atoms with Crippen LogP contribution in [0.3, 0.4) is 0 Å². The first-order valence-corrected chi connectivity index (χ1v) is 5.50. The Morgan fingerprint density at radius 2 is 1.94 bits per heavy atom. The summed E-state index contributed by atoms with van der Waals surface area (Å²) in [6.07, 6.45) is -0.817. The zero-order valence-electron chi connectivity index (χ0n) is 9.67. The van der Waals surface area contributed by atoms with E-state index in [2.05, 4.69) is 0 Å². The van der Waals surface area contributed by atoms with Gasteiger partial charge >= 0.3 is 0 Å². The minimum absolute atomic E-state index is 0.284. The van der Waals surface area contributed by atoms with E-state index in [-0.39, 0.29) is 5.56 Å². The number of rotatable bonds is 2. The van der Waals surface area contributed by atoms with Crippen molar-refractivity contribution in [1.82, 2.24) is 0 Å². The van der Waals surface area contributed by atoms with Crippen LogP contribution in [0.25, 0.3) is 0 Å². The summed E-state index contributed by atoms with van der Waals surface area (Å²) in [6.45, 7) is 5.56. The van der Waals surface area contributed by atoms with E-state index < -0.39 is 23.4 Å². The van der Waals surface area contributed by atoms with E-state index in [4.69, 9.17) is 17.3 Å². The van der Waals surface area contributed by atoms with Crippen molar-refractivity contribution in [3.8, 4) is 0 Å². The Bertz CT molecular complexity index is 376. The van der Waals surface area contributed by atoms with Gasteiger partial charge in [-0.3, -0.25) is 0 Å². The molecule has 0 bridgehead atoms. The maximum Gasteiger partial charge on any atom is 0.129 e. The quantitative estimate of drug-likeness (QED) is 0.842. The number of halogens is 2. The van der Waals surface area contributed by atoms with Crippen LogP contribution in [0.2, 0.25) is 5.02 Å². The second kappa shape index (κ2) is 4.70. The van der Waals surface area contributed by atoms with Crippen LogP contribution >= 0.6 is 11.6 Å². The van der Waals surface area contributed by atoms with Crippen molar-refractivity contribution in [2.75, 3.05) is 0 Å². The SMILES string of the molecule is CC(C)(C)[C@H](O)[C@H](N)c1ccc(Cl)cc1F. The van der Waals surface area contributed by atoms with Gasteiger partial charge in [0.15, 0.2) is 0 Å². The molecule has 0 aliphatic heterocycles. The summed E-state index contributed by atoms with van der Waals surface area (Å²) in [4.78, 5) is 0. The lowest BCUT2D eigenvalue weighted by Gasteiger charge is -2.31. The number of aliphatic hydroxyl groups excluding tert-OH is 1. The molecule has 0 amide bonds. The molecule has 1 rings (SSSR count). The van der Waals surface area contributed by atoms with Crippen molar-refractivity contribution in [2.24, 2.45) is 11.1 Å². The number of nitrogens with two attached hydrogens (primary N) is 1. The van der Waals surface area contributed by atoms with Gasteiger partial charge in [-0.15, -0.1) is 0 Å². The predicted molar refractivity (Wildman–Crippen MR) is 63.8 cm³/mol. The van der Waals surface area contributed by atoms with Crippen molar-refractivity contribution in [2.45, 2.75) is 32.9 Å². The molecule has 0 fully saturated rings. The molecule has 0 radical (unpaired) electrons. The Kier molecular flexibility index (Phi) is 3.94. The number of hydrogen-bond donors (Lipinski definition) is 2. The molecule has 0 spiro atoms. The van der Waals surface area contributed by atoms with Crippen LogP contribution in [0.15, 0.2) is 18.2 Å². The smallest absolute Gasteiger partial charge is 0.129 e. The third-order valence-corrected chi connectivity index (χ3v) is 2.78. The summed E-state index contributed by atoms with van der Waals surface area (Å²) in [6, 6.07) is 3.52. The first-order chi connectivity index (χ1) is 7.23. The fourth-order valence-corrected chi connectivity index (χ4v) is 1.64. The van der Waals surface area contributed by atoms with Crippen LogP contribution < -0.4 is 5.73 Å². The lowest BCUT2D eigenvalue weighted by atomic mass is 9.82. The molecule has 0 saturated carbocycles. The molecule has 0 heterocycles. The predicted octanol–water partition coefficient (Wildman–Crippen LogP) is 2.89. The molecule has 0 saturated heterocycles. The zero-order chi connectivity index (χ0) is 12.5. The summed E-state index contributed by atoms with van der Waals surface area (Å²) in [7, 11) is 0. The van der Waals surface area contributed by atoms with Gasteiger partial charge in [-0.25, -0.2) is 4.39 Å². The molecular weight excluding hydrogens is 229 g/mol. The van der Waals surface area contributed by atoms with Gasteiger partial charge in [0.2, 0.25) is 0 Å². The van der Waals surface area contributed by atoms with E-state index in [1.54, 1.807) is 6.07 Å². The molecule has 0 aromatic heterocycles. The number of hydrogen-bond acceptors (Lipinski definition) is 2. The third kappa shape index (κ3) is 2.94. The molecule has 0 aliphatic carbocycles.